The van der Waals surface area contributed by atoms with E-state index in [-0.39, 0.29) is 5.92 Å². The van der Waals surface area contributed by atoms with Crippen LogP contribution in [0.2, 0.25) is 0 Å². The third kappa shape index (κ3) is 4.01. The van der Waals surface area contributed by atoms with Gasteiger partial charge in [0.25, 0.3) is 0 Å². The van der Waals surface area contributed by atoms with Crippen molar-refractivity contribution in [1.82, 2.24) is 4.90 Å². The topological polar surface area (TPSA) is 74.3 Å². The number of rotatable bonds is 5. The summed E-state index contributed by atoms with van der Waals surface area (Å²) in [5.41, 5.74) is 6.85. The highest BCUT2D eigenvalue weighted by Gasteiger charge is 2.20. The molecular formula is C15H24N4O2. The van der Waals surface area contributed by atoms with Crippen molar-refractivity contribution in [3.63, 3.8) is 0 Å². The van der Waals surface area contributed by atoms with Crippen LogP contribution in [0.1, 0.15) is 6.92 Å². The molecule has 0 aromatic heterocycles. The minimum absolute atomic E-state index is 0.0718. The molecule has 0 radical (unpaired) electrons. The van der Waals surface area contributed by atoms with E-state index in [1.54, 1.807) is 7.11 Å². The molecule has 6 heteroatoms. The standard InChI is InChI=1S/C15H24N4O2/c1-12(15(16)17-20)11-18-7-9-19(10-8-18)13-3-5-14(21-2)6-4-13/h3-6,12,20H,7-11H2,1-2H3,(H2,16,17). The Morgan fingerprint density at radius 2 is 1.90 bits per heavy atom. The molecule has 116 valence electrons. The van der Waals surface area contributed by atoms with Crippen molar-refractivity contribution in [2.75, 3.05) is 44.7 Å². The van der Waals surface area contributed by atoms with Crippen molar-refractivity contribution in [1.29, 1.82) is 0 Å². The van der Waals surface area contributed by atoms with Crippen LogP contribution in [0.15, 0.2) is 29.4 Å². The van der Waals surface area contributed by atoms with E-state index in [9.17, 15) is 0 Å². The van der Waals surface area contributed by atoms with Crippen LogP contribution < -0.4 is 15.4 Å². The van der Waals surface area contributed by atoms with Crippen LogP contribution in [0, 0.1) is 5.92 Å². The predicted molar refractivity (Wildman–Crippen MR) is 84.2 cm³/mol. The molecule has 2 rings (SSSR count). The fourth-order valence-corrected chi connectivity index (χ4v) is 2.56. The van der Waals surface area contributed by atoms with Crippen LogP contribution >= 0.6 is 0 Å². The summed E-state index contributed by atoms with van der Waals surface area (Å²) in [4.78, 5) is 4.72. The normalized spacial score (nSPS) is 18.6. The largest absolute Gasteiger partial charge is 0.497 e. The number of nitrogens with two attached hydrogens (primary N) is 1. The summed E-state index contributed by atoms with van der Waals surface area (Å²) in [7, 11) is 1.68. The first-order valence-corrected chi connectivity index (χ1v) is 7.23. The van der Waals surface area contributed by atoms with Crippen LogP contribution in [-0.2, 0) is 0 Å². The van der Waals surface area contributed by atoms with E-state index in [0.717, 1.165) is 38.5 Å². The maximum atomic E-state index is 8.69. The molecule has 21 heavy (non-hydrogen) atoms. The fraction of sp³-hybridized carbons (Fsp3) is 0.533. The monoisotopic (exact) mass is 292 g/mol. The lowest BCUT2D eigenvalue weighted by molar-refractivity contribution is 0.240. The van der Waals surface area contributed by atoms with Crippen LogP contribution in [0.4, 0.5) is 5.69 Å². The minimum atomic E-state index is 0.0718. The molecule has 1 fully saturated rings. The second-order valence-corrected chi connectivity index (χ2v) is 5.41. The number of benzene rings is 1. The summed E-state index contributed by atoms with van der Waals surface area (Å²) in [6.07, 6.45) is 0. The highest BCUT2D eigenvalue weighted by Crippen LogP contribution is 2.20. The van der Waals surface area contributed by atoms with Crippen LogP contribution in [0.25, 0.3) is 0 Å². The van der Waals surface area contributed by atoms with E-state index in [0.29, 0.717) is 5.84 Å². The van der Waals surface area contributed by atoms with Gasteiger partial charge in [-0.05, 0) is 24.3 Å². The molecule has 1 aromatic carbocycles. The number of anilines is 1. The number of hydrogen-bond donors (Lipinski definition) is 2. The highest BCUT2D eigenvalue weighted by molar-refractivity contribution is 5.82. The minimum Gasteiger partial charge on any atom is -0.497 e. The molecule has 6 nitrogen and oxygen atoms in total. The number of methoxy groups -OCH3 is 1. The quantitative estimate of drug-likeness (QED) is 0.369. The summed E-state index contributed by atoms with van der Waals surface area (Å²) >= 11 is 0. The third-order valence-electron chi connectivity index (χ3n) is 3.96. The highest BCUT2D eigenvalue weighted by atomic mass is 16.5. The van der Waals surface area contributed by atoms with Gasteiger partial charge in [0, 0.05) is 44.3 Å². The van der Waals surface area contributed by atoms with E-state index >= 15 is 0 Å². The Balaban J connectivity index is 1.85. The lowest BCUT2D eigenvalue weighted by atomic mass is 10.1. The number of nitrogens with zero attached hydrogens (tertiary/aromatic N) is 3. The van der Waals surface area contributed by atoms with Crippen molar-refractivity contribution in [3.8, 4) is 5.75 Å². The molecule has 1 unspecified atom stereocenters. The van der Waals surface area contributed by atoms with E-state index < -0.39 is 0 Å². The maximum Gasteiger partial charge on any atom is 0.143 e. The molecule has 1 heterocycles. The van der Waals surface area contributed by atoms with Crippen molar-refractivity contribution >= 4 is 11.5 Å². The lowest BCUT2D eigenvalue weighted by Gasteiger charge is -2.37. The Hall–Kier alpha value is -1.95. The predicted octanol–water partition coefficient (Wildman–Crippen LogP) is 1.20. The van der Waals surface area contributed by atoms with Gasteiger partial charge >= 0.3 is 0 Å². The number of piperazine rings is 1. The molecule has 1 saturated heterocycles. The van der Waals surface area contributed by atoms with Gasteiger partial charge in [0.05, 0.1) is 7.11 Å². The van der Waals surface area contributed by atoms with Crippen molar-refractivity contribution < 1.29 is 9.94 Å². The second kappa shape index (κ2) is 7.17. The molecule has 3 N–H and O–H groups in total. The molecule has 1 aliphatic heterocycles. The molecule has 1 aromatic rings. The molecule has 0 spiro atoms. The first-order valence-electron chi connectivity index (χ1n) is 7.23. The summed E-state index contributed by atoms with van der Waals surface area (Å²) < 4.78 is 5.18. The van der Waals surface area contributed by atoms with Gasteiger partial charge in [0.1, 0.15) is 11.6 Å². The van der Waals surface area contributed by atoms with Gasteiger partial charge in [-0.1, -0.05) is 12.1 Å². The molecule has 0 bridgehead atoms. The zero-order valence-corrected chi connectivity index (χ0v) is 12.7. The number of oxime groups is 1. The van der Waals surface area contributed by atoms with Crippen LogP contribution in [0.5, 0.6) is 5.75 Å². The summed E-state index contributed by atoms with van der Waals surface area (Å²) in [5, 5.41) is 11.8. The van der Waals surface area contributed by atoms with Gasteiger partial charge in [-0.2, -0.15) is 0 Å². The molecule has 1 aliphatic rings. The number of ether oxygens (including phenoxy) is 1. The first-order chi connectivity index (χ1) is 10.1. The van der Waals surface area contributed by atoms with Gasteiger partial charge in [-0.15, -0.1) is 0 Å². The average molecular weight is 292 g/mol. The summed E-state index contributed by atoms with van der Waals surface area (Å²) in [5.74, 6) is 1.25. The number of hydrogen-bond acceptors (Lipinski definition) is 5. The lowest BCUT2D eigenvalue weighted by Crippen LogP contribution is -2.48. The molecular weight excluding hydrogens is 268 g/mol. The Morgan fingerprint density at radius 1 is 1.29 bits per heavy atom. The van der Waals surface area contributed by atoms with E-state index in [1.807, 2.05) is 19.1 Å². The third-order valence-corrected chi connectivity index (χ3v) is 3.96. The number of amidine groups is 1. The summed E-state index contributed by atoms with van der Waals surface area (Å²) in [6.45, 7) is 6.73. The Kier molecular flexibility index (Phi) is 5.27. The summed E-state index contributed by atoms with van der Waals surface area (Å²) in [6, 6.07) is 8.16. The smallest absolute Gasteiger partial charge is 0.143 e. The van der Waals surface area contributed by atoms with E-state index in [1.165, 1.54) is 5.69 Å². The van der Waals surface area contributed by atoms with Gasteiger partial charge in [-0.3, -0.25) is 4.90 Å². The Labute approximate surface area is 125 Å². The zero-order chi connectivity index (χ0) is 15.2. The molecule has 0 saturated carbocycles. The van der Waals surface area contributed by atoms with E-state index in [2.05, 4.69) is 27.1 Å². The molecule has 1 atom stereocenters. The Morgan fingerprint density at radius 3 is 2.43 bits per heavy atom. The van der Waals surface area contributed by atoms with E-state index in [4.69, 9.17) is 15.7 Å². The van der Waals surface area contributed by atoms with Crippen molar-refractivity contribution in [3.05, 3.63) is 24.3 Å². The van der Waals surface area contributed by atoms with Gasteiger partial charge in [0.15, 0.2) is 0 Å². The fourth-order valence-electron chi connectivity index (χ4n) is 2.56. The average Bonchev–Trinajstić information content (AvgIpc) is 2.55. The SMILES string of the molecule is COc1ccc(N2CCN(CC(C)/C(N)=N/O)CC2)cc1. The van der Waals surface area contributed by atoms with Crippen LogP contribution in [-0.4, -0.2) is 55.8 Å². The zero-order valence-electron chi connectivity index (χ0n) is 12.7. The first kappa shape index (κ1) is 15.4. The van der Waals surface area contributed by atoms with Crippen molar-refractivity contribution in [2.24, 2.45) is 16.8 Å². The second-order valence-electron chi connectivity index (χ2n) is 5.41. The van der Waals surface area contributed by atoms with Crippen LogP contribution in [0.3, 0.4) is 0 Å². The van der Waals surface area contributed by atoms with Gasteiger partial charge in [0.2, 0.25) is 0 Å². The Bertz CT molecular complexity index is 467. The maximum absolute atomic E-state index is 8.69. The molecule has 0 amide bonds. The molecule has 0 aliphatic carbocycles. The van der Waals surface area contributed by atoms with Gasteiger partial charge in [-0.25, -0.2) is 0 Å². The van der Waals surface area contributed by atoms with Gasteiger partial charge < -0.3 is 20.6 Å². The van der Waals surface area contributed by atoms with Crippen molar-refractivity contribution in [2.45, 2.75) is 6.92 Å².